The number of esters is 1. The third kappa shape index (κ3) is 6.06. The van der Waals surface area contributed by atoms with E-state index < -0.39 is 12.0 Å². The lowest BCUT2D eigenvalue weighted by atomic mass is 10.2. The summed E-state index contributed by atoms with van der Waals surface area (Å²) in [4.78, 5) is 15.6. The largest absolute Gasteiger partial charge is 0.465 e. The van der Waals surface area contributed by atoms with Gasteiger partial charge in [-0.05, 0) is 12.1 Å². The summed E-state index contributed by atoms with van der Waals surface area (Å²) in [5, 5.41) is 3.27. The minimum Gasteiger partial charge on any atom is -0.465 e. The van der Waals surface area contributed by atoms with Crippen molar-refractivity contribution in [1.29, 1.82) is 0 Å². The first-order valence-corrected chi connectivity index (χ1v) is 4.21. The van der Waals surface area contributed by atoms with Crippen LogP contribution < -0.4 is 17.2 Å². The van der Waals surface area contributed by atoms with E-state index in [-0.39, 0.29) is 12.6 Å². The second kappa shape index (κ2) is 6.96. The molecule has 0 radical (unpaired) electrons. The van der Waals surface area contributed by atoms with Gasteiger partial charge in [-0.3, -0.25) is 4.79 Å². The van der Waals surface area contributed by atoms with Crippen molar-refractivity contribution < 1.29 is 14.4 Å². The maximum Gasteiger partial charge on any atom is 0.323 e. The van der Waals surface area contributed by atoms with Gasteiger partial charge in [-0.1, -0.05) is 0 Å². The molecule has 0 rings (SSSR count). The molecule has 0 aromatic heterocycles. The molecule has 6 N–H and O–H groups in total. The lowest BCUT2D eigenvalue weighted by molar-refractivity contribution is -0.145. The number of rotatable bonds is 6. The van der Waals surface area contributed by atoms with E-state index in [2.05, 4.69) is 14.7 Å². The summed E-state index contributed by atoms with van der Waals surface area (Å²) in [6.07, 6.45) is 0.301. The van der Waals surface area contributed by atoms with Gasteiger partial charge in [0.15, 0.2) is 0 Å². The average Bonchev–Trinajstić information content (AvgIpc) is 2.12. The molecule has 14 heavy (non-hydrogen) atoms. The van der Waals surface area contributed by atoms with Crippen LogP contribution in [0.15, 0.2) is 5.16 Å². The van der Waals surface area contributed by atoms with Gasteiger partial charge in [0.05, 0.1) is 6.61 Å². The first-order valence-electron chi connectivity index (χ1n) is 4.21. The van der Waals surface area contributed by atoms with Crippen molar-refractivity contribution in [2.45, 2.75) is 19.4 Å². The number of oxime groups is 1. The number of ether oxygens (including phenoxy) is 1. The Balaban J connectivity index is 3.58. The number of hydrogen-bond acceptors (Lipinski definition) is 5. The van der Waals surface area contributed by atoms with Crippen molar-refractivity contribution in [2.24, 2.45) is 22.4 Å². The van der Waals surface area contributed by atoms with Crippen LogP contribution in [-0.2, 0) is 14.4 Å². The summed E-state index contributed by atoms with van der Waals surface area (Å²) < 4.78 is 4.68. The maximum atomic E-state index is 11.0. The van der Waals surface area contributed by atoms with Gasteiger partial charge in [-0.25, -0.2) is 0 Å². The molecule has 0 heterocycles. The molecule has 7 nitrogen and oxygen atoms in total. The van der Waals surface area contributed by atoms with E-state index >= 15 is 0 Å². The molecule has 0 bridgehead atoms. The Morgan fingerprint density at radius 3 is 2.64 bits per heavy atom. The first-order chi connectivity index (χ1) is 6.57. The Morgan fingerprint density at radius 2 is 2.14 bits per heavy atom. The molecule has 82 valence electrons. The summed E-state index contributed by atoms with van der Waals surface area (Å²) in [7, 11) is 0. The van der Waals surface area contributed by atoms with Gasteiger partial charge in [0.2, 0.25) is 5.96 Å². The summed E-state index contributed by atoms with van der Waals surface area (Å²) >= 11 is 0. The molecular weight excluding hydrogens is 188 g/mol. The highest BCUT2D eigenvalue weighted by Crippen LogP contribution is 1.93. The third-order valence-corrected chi connectivity index (χ3v) is 1.28. The lowest BCUT2D eigenvalue weighted by Crippen LogP contribution is -2.33. The Kier molecular flexibility index (Phi) is 6.21. The Bertz CT molecular complexity index is 203. The molecule has 7 heteroatoms. The molecule has 0 aliphatic carbocycles. The standard InChI is InChI=1S/C7H16N4O3/c1-2-13-6(12)5(8)3-4-14-11-7(9)10/h5H,2-4,8H2,1H3,(H4,9,10,11)/t5-/m0/s1. The minimum absolute atomic E-state index is 0.165. The van der Waals surface area contributed by atoms with Crippen LogP contribution >= 0.6 is 0 Å². The Morgan fingerprint density at radius 1 is 1.50 bits per heavy atom. The van der Waals surface area contributed by atoms with Gasteiger partial charge in [0.1, 0.15) is 12.6 Å². The topological polar surface area (TPSA) is 126 Å². The Labute approximate surface area is 82.2 Å². The zero-order valence-corrected chi connectivity index (χ0v) is 8.10. The van der Waals surface area contributed by atoms with E-state index in [1.54, 1.807) is 6.92 Å². The van der Waals surface area contributed by atoms with E-state index in [4.69, 9.17) is 17.2 Å². The van der Waals surface area contributed by atoms with E-state index in [9.17, 15) is 4.79 Å². The van der Waals surface area contributed by atoms with E-state index in [1.165, 1.54) is 0 Å². The number of nitrogens with two attached hydrogens (primary N) is 3. The fourth-order valence-corrected chi connectivity index (χ4v) is 0.667. The van der Waals surface area contributed by atoms with Crippen LogP contribution in [0.25, 0.3) is 0 Å². The number of carbonyl (C=O) groups is 1. The quantitative estimate of drug-likeness (QED) is 0.158. The number of guanidine groups is 1. The minimum atomic E-state index is -0.704. The molecule has 0 amide bonds. The van der Waals surface area contributed by atoms with Gasteiger partial charge in [0.25, 0.3) is 0 Å². The predicted molar refractivity (Wildman–Crippen MR) is 51.0 cm³/mol. The fourth-order valence-electron chi connectivity index (χ4n) is 0.667. The zero-order chi connectivity index (χ0) is 11.0. The highest BCUT2D eigenvalue weighted by Gasteiger charge is 2.13. The highest BCUT2D eigenvalue weighted by atomic mass is 16.6. The van der Waals surface area contributed by atoms with Crippen LogP contribution in [-0.4, -0.2) is 31.2 Å². The summed E-state index contributed by atoms with van der Waals surface area (Å²) in [6, 6.07) is -0.704. The molecule has 0 unspecified atom stereocenters. The normalized spacial score (nSPS) is 11.6. The summed E-state index contributed by atoms with van der Waals surface area (Å²) in [5.74, 6) is -0.629. The maximum absolute atomic E-state index is 11.0. The van der Waals surface area contributed by atoms with Gasteiger partial charge in [-0.15, -0.1) is 0 Å². The molecule has 0 spiro atoms. The van der Waals surface area contributed by atoms with Crippen LogP contribution in [0.2, 0.25) is 0 Å². The smallest absolute Gasteiger partial charge is 0.323 e. The van der Waals surface area contributed by atoms with E-state index in [0.29, 0.717) is 13.0 Å². The molecule has 0 aromatic carbocycles. The van der Waals surface area contributed by atoms with Crippen molar-refractivity contribution in [2.75, 3.05) is 13.2 Å². The van der Waals surface area contributed by atoms with Gasteiger partial charge in [-0.2, -0.15) is 0 Å². The molecule has 0 aromatic rings. The second-order valence-electron chi connectivity index (χ2n) is 2.50. The highest BCUT2D eigenvalue weighted by molar-refractivity contribution is 5.75. The summed E-state index contributed by atoms with van der Waals surface area (Å²) in [5.41, 5.74) is 15.4. The van der Waals surface area contributed by atoms with Crippen molar-refractivity contribution >= 4 is 11.9 Å². The Hall–Kier alpha value is -1.50. The number of nitrogens with zero attached hydrogens (tertiary/aromatic N) is 1. The van der Waals surface area contributed by atoms with Crippen molar-refractivity contribution in [1.82, 2.24) is 0 Å². The van der Waals surface area contributed by atoms with E-state index in [1.807, 2.05) is 0 Å². The van der Waals surface area contributed by atoms with Crippen molar-refractivity contribution in [3.05, 3.63) is 0 Å². The van der Waals surface area contributed by atoms with Gasteiger partial charge < -0.3 is 26.8 Å². The predicted octanol–water partition coefficient (Wildman–Crippen LogP) is -1.53. The van der Waals surface area contributed by atoms with Crippen LogP contribution in [0.5, 0.6) is 0 Å². The van der Waals surface area contributed by atoms with Gasteiger partial charge in [0, 0.05) is 6.42 Å². The molecule has 1 atom stereocenters. The van der Waals surface area contributed by atoms with Crippen LogP contribution in [0, 0.1) is 0 Å². The zero-order valence-electron chi connectivity index (χ0n) is 8.10. The summed E-state index contributed by atoms with van der Waals surface area (Å²) in [6.45, 7) is 2.18. The molecular formula is C7H16N4O3. The van der Waals surface area contributed by atoms with Crippen LogP contribution in [0.1, 0.15) is 13.3 Å². The van der Waals surface area contributed by atoms with E-state index in [0.717, 1.165) is 0 Å². The molecule has 0 fully saturated rings. The molecule has 0 saturated carbocycles. The molecule has 0 aliphatic rings. The average molecular weight is 204 g/mol. The fraction of sp³-hybridized carbons (Fsp3) is 0.714. The van der Waals surface area contributed by atoms with Crippen LogP contribution in [0.4, 0.5) is 0 Å². The van der Waals surface area contributed by atoms with Crippen LogP contribution in [0.3, 0.4) is 0 Å². The third-order valence-electron chi connectivity index (χ3n) is 1.28. The number of hydrogen-bond donors (Lipinski definition) is 3. The monoisotopic (exact) mass is 204 g/mol. The van der Waals surface area contributed by atoms with Crippen molar-refractivity contribution in [3.8, 4) is 0 Å². The number of carbonyl (C=O) groups excluding carboxylic acids is 1. The van der Waals surface area contributed by atoms with Crippen molar-refractivity contribution in [3.63, 3.8) is 0 Å². The van der Waals surface area contributed by atoms with Gasteiger partial charge >= 0.3 is 5.97 Å². The lowest BCUT2D eigenvalue weighted by Gasteiger charge is -2.08. The second-order valence-corrected chi connectivity index (χ2v) is 2.50. The SMILES string of the molecule is CCOC(=O)[C@@H](N)CCON=C(N)N. The molecule has 0 aliphatic heterocycles. The first kappa shape index (κ1) is 12.5. The molecule has 0 saturated heterocycles.